The third-order valence-corrected chi connectivity index (χ3v) is 6.63. The van der Waals surface area contributed by atoms with E-state index in [-0.39, 0.29) is 11.3 Å². The number of anilines is 3. The monoisotopic (exact) mass is 519 g/mol. The molecule has 188 valence electrons. The van der Waals surface area contributed by atoms with Crippen molar-refractivity contribution >= 4 is 46.4 Å². The molecular formula is C27H22ClN3O6. The molecule has 2 heterocycles. The lowest BCUT2D eigenvalue weighted by atomic mass is 9.83. The number of benzene rings is 3. The first-order valence-electron chi connectivity index (χ1n) is 11.2. The molecule has 2 amide bonds. The fourth-order valence-electron chi connectivity index (χ4n) is 4.72. The van der Waals surface area contributed by atoms with Crippen LogP contribution >= 0.6 is 11.6 Å². The van der Waals surface area contributed by atoms with Gasteiger partial charge in [-0.1, -0.05) is 11.6 Å². The number of methoxy groups -OCH3 is 3. The summed E-state index contributed by atoms with van der Waals surface area (Å²) in [6, 6.07) is 18.2. The molecule has 5 rings (SSSR count). The number of rotatable bonds is 6. The number of nitrogens with zero attached hydrogens (tertiary/aromatic N) is 1. The van der Waals surface area contributed by atoms with Gasteiger partial charge >= 0.3 is 5.97 Å². The van der Waals surface area contributed by atoms with Crippen LogP contribution in [0.25, 0.3) is 0 Å². The number of nitrogens with one attached hydrogen (secondary N) is 2. The van der Waals surface area contributed by atoms with Crippen LogP contribution in [0, 0.1) is 0 Å². The first kappa shape index (κ1) is 24.2. The van der Waals surface area contributed by atoms with Crippen LogP contribution in [-0.4, -0.2) is 39.1 Å². The van der Waals surface area contributed by atoms with E-state index in [2.05, 4.69) is 10.6 Å². The molecule has 1 spiro atoms. The van der Waals surface area contributed by atoms with Crippen molar-refractivity contribution in [3.05, 3.63) is 88.6 Å². The molecule has 3 aromatic rings. The molecule has 2 N–H and O–H groups in total. The van der Waals surface area contributed by atoms with Gasteiger partial charge in [0.1, 0.15) is 22.8 Å². The second-order valence-electron chi connectivity index (χ2n) is 8.29. The van der Waals surface area contributed by atoms with Gasteiger partial charge < -0.3 is 24.8 Å². The number of esters is 1. The predicted octanol–water partition coefficient (Wildman–Crippen LogP) is 4.09. The lowest BCUT2D eigenvalue weighted by Crippen LogP contribution is -2.52. The molecule has 0 saturated heterocycles. The van der Waals surface area contributed by atoms with Gasteiger partial charge in [0, 0.05) is 27.6 Å². The van der Waals surface area contributed by atoms with Crippen molar-refractivity contribution in [3.63, 3.8) is 0 Å². The van der Waals surface area contributed by atoms with Crippen molar-refractivity contribution in [3.8, 4) is 11.5 Å². The van der Waals surface area contributed by atoms with Crippen LogP contribution in [0.3, 0.4) is 0 Å². The quantitative estimate of drug-likeness (QED) is 0.472. The molecule has 1 unspecified atom stereocenters. The third-order valence-electron chi connectivity index (χ3n) is 6.39. The van der Waals surface area contributed by atoms with Crippen molar-refractivity contribution in [2.45, 2.75) is 5.54 Å². The summed E-state index contributed by atoms with van der Waals surface area (Å²) in [5.74, 6) is -0.879. The summed E-state index contributed by atoms with van der Waals surface area (Å²) < 4.78 is 15.6. The molecule has 0 radical (unpaired) electrons. The number of amides is 2. The Balaban J connectivity index is 1.78. The van der Waals surface area contributed by atoms with Crippen LogP contribution in [-0.2, 0) is 24.7 Å². The summed E-state index contributed by atoms with van der Waals surface area (Å²) in [6.07, 6.45) is 0. The van der Waals surface area contributed by atoms with Crippen molar-refractivity contribution in [1.29, 1.82) is 0 Å². The van der Waals surface area contributed by atoms with Gasteiger partial charge in [-0.25, -0.2) is 4.79 Å². The third kappa shape index (κ3) is 3.66. The Morgan fingerprint density at radius 2 is 1.54 bits per heavy atom. The van der Waals surface area contributed by atoms with Gasteiger partial charge in [0.15, 0.2) is 5.54 Å². The zero-order chi connectivity index (χ0) is 26.3. The summed E-state index contributed by atoms with van der Waals surface area (Å²) in [7, 11) is 4.26. The second kappa shape index (κ2) is 9.18. The number of hydrogen-bond donors (Lipinski definition) is 2. The first-order chi connectivity index (χ1) is 17.8. The van der Waals surface area contributed by atoms with E-state index in [4.69, 9.17) is 25.8 Å². The Labute approximate surface area is 217 Å². The Hall–Kier alpha value is -4.50. The Morgan fingerprint density at radius 1 is 0.919 bits per heavy atom. The molecule has 37 heavy (non-hydrogen) atoms. The molecule has 0 bridgehead atoms. The highest BCUT2D eigenvalue weighted by atomic mass is 35.5. The van der Waals surface area contributed by atoms with Crippen LogP contribution in [0.2, 0.25) is 5.02 Å². The van der Waals surface area contributed by atoms with E-state index in [9.17, 15) is 14.4 Å². The zero-order valence-corrected chi connectivity index (χ0v) is 20.9. The van der Waals surface area contributed by atoms with E-state index in [0.29, 0.717) is 39.1 Å². The van der Waals surface area contributed by atoms with Gasteiger partial charge in [0.2, 0.25) is 0 Å². The normalized spacial score (nSPS) is 18.1. The van der Waals surface area contributed by atoms with E-state index in [1.165, 1.54) is 19.1 Å². The first-order valence-corrected chi connectivity index (χ1v) is 11.6. The molecule has 2 aliphatic heterocycles. The predicted molar refractivity (Wildman–Crippen MR) is 138 cm³/mol. The summed E-state index contributed by atoms with van der Waals surface area (Å²) in [5, 5.41) is 6.18. The molecule has 3 aromatic carbocycles. The Morgan fingerprint density at radius 3 is 2.14 bits per heavy atom. The maximum absolute atomic E-state index is 14.1. The van der Waals surface area contributed by atoms with E-state index in [1.807, 2.05) is 0 Å². The van der Waals surface area contributed by atoms with Gasteiger partial charge in [0.25, 0.3) is 11.8 Å². The van der Waals surface area contributed by atoms with Crippen molar-refractivity contribution in [2.75, 3.05) is 36.9 Å². The van der Waals surface area contributed by atoms with Crippen LogP contribution < -0.4 is 25.0 Å². The van der Waals surface area contributed by atoms with Gasteiger partial charge in [-0.05, 0) is 66.7 Å². The number of ether oxygens (including phenoxy) is 3. The second-order valence-corrected chi connectivity index (χ2v) is 8.72. The molecule has 0 aromatic heterocycles. The van der Waals surface area contributed by atoms with E-state index in [1.54, 1.807) is 73.8 Å². The number of carbonyl (C=O) groups is 3. The lowest BCUT2D eigenvalue weighted by molar-refractivity contribution is -0.138. The van der Waals surface area contributed by atoms with Crippen molar-refractivity contribution in [1.82, 2.24) is 0 Å². The minimum Gasteiger partial charge on any atom is -0.497 e. The number of fused-ring (bicyclic) bond motifs is 2. The Kier molecular flexibility index (Phi) is 6.01. The highest BCUT2D eigenvalue weighted by Gasteiger charge is 2.64. The molecule has 9 nitrogen and oxygen atoms in total. The number of carbonyl (C=O) groups excluding carboxylic acids is 3. The molecule has 2 aliphatic rings. The molecule has 1 atom stereocenters. The largest absolute Gasteiger partial charge is 0.497 e. The van der Waals surface area contributed by atoms with Gasteiger partial charge in [0.05, 0.1) is 21.3 Å². The van der Waals surface area contributed by atoms with Gasteiger partial charge in [-0.3, -0.25) is 14.5 Å². The molecular weight excluding hydrogens is 498 g/mol. The van der Waals surface area contributed by atoms with Crippen LogP contribution in [0.15, 0.2) is 78.0 Å². The summed E-state index contributed by atoms with van der Waals surface area (Å²) in [5.41, 5.74) is -0.507. The van der Waals surface area contributed by atoms with Crippen LogP contribution in [0.5, 0.6) is 11.5 Å². The van der Waals surface area contributed by atoms with Crippen molar-refractivity contribution in [2.24, 2.45) is 0 Å². The minimum absolute atomic E-state index is 0.101. The number of halogens is 1. The summed E-state index contributed by atoms with van der Waals surface area (Å²) >= 11 is 6.34. The zero-order valence-electron chi connectivity index (χ0n) is 20.1. The van der Waals surface area contributed by atoms with Crippen LogP contribution in [0.1, 0.15) is 5.56 Å². The maximum Gasteiger partial charge on any atom is 0.339 e. The summed E-state index contributed by atoms with van der Waals surface area (Å²) in [4.78, 5) is 42.7. The molecule has 0 aliphatic carbocycles. The minimum atomic E-state index is -1.88. The highest BCUT2D eigenvalue weighted by Crippen LogP contribution is 2.53. The number of hydrogen-bond acceptors (Lipinski definition) is 7. The van der Waals surface area contributed by atoms with Gasteiger partial charge in [-0.15, -0.1) is 0 Å². The topological polar surface area (TPSA) is 106 Å². The fraction of sp³-hybridized carbons (Fsp3) is 0.148. The van der Waals surface area contributed by atoms with Gasteiger partial charge in [-0.2, -0.15) is 0 Å². The molecule has 10 heteroatoms. The van der Waals surface area contributed by atoms with E-state index < -0.39 is 23.3 Å². The van der Waals surface area contributed by atoms with Crippen molar-refractivity contribution < 1.29 is 28.6 Å². The molecule has 0 saturated carbocycles. The fourth-order valence-corrected chi connectivity index (χ4v) is 4.89. The smallest absolute Gasteiger partial charge is 0.339 e. The maximum atomic E-state index is 14.1. The SMILES string of the molecule is COC(=O)C1=C(Nc2ccc(OC)cc2)C(=O)N(c2ccc(OC)cc2)C12C(=O)Nc1ccc(Cl)cc12. The van der Waals surface area contributed by atoms with Crippen LogP contribution in [0.4, 0.5) is 17.1 Å². The molecule has 0 fully saturated rings. The lowest BCUT2D eigenvalue weighted by Gasteiger charge is -2.35. The Bertz CT molecular complexity index is 1450. The average molecular weight is 520 g/mol. The average Bonchev–Trinajstić information content (AvgIpc) is 3.34. The highest BCUT2D eigenvalue weighted by molar-refractivity contribution is 6.32. The van der Waals surface area contributed by atoms with E-state index in [0.717, 1.165) is 0 Å². The van der Waals surface area contributed by atoms with E-state index >= 15 is 0 Å². The standard InChI is InChI=1S/C27H22ClN3O6/c1-35-18-9-5-16(6-10-18)29-23-22(25(33)37-3)27(20-14-15(28)4-13-21(20)30-26(27)34)31(24(23)32)17-7-11-19(36-2)12-8-17/h4-14,29H,1-3H3,(H,30,34). The summed E-state index contributed by atoms with van der Waals surface area (Å²) in [6.45, 7) is 0.